The molecule has 2 amide bonds. The van der Waals surface area contributed by atoms with E-state index in [1.54, 1.807) is 10.6 Å². The van der Waals surface area contributed by atoms with Crippen LogP contribution >= 0.6 is 0 Å². The van der Waals surface area contributed by atoms with Gasteiger partial charge in [0, 0.05) is 5.69 Å². The molecule has 154 valence electrons. The summed E-state index contributed by atoms with van der Waals surface area (Å²) in [6.45, 7) is 2.19. The topological polar surface area (TPSA) is 96.3 Å². The standard InChI is InChI=1S/C23H19N5O3/c1-22-20-25-14-8-4-2-6-12(14)19(31)28(20)16(18(30)26-22)10-23(22)13-7-3-5-9-15(13)27-17(29)11-24-21(23)27/h2-9,16,21,24H,10-11H2,1H3,(H,26,30)/t16?,21-,22-,23-/m0/s1. The van der Waals surface area contributed by atoms with Gasteiger partial charge in [0.15, 0.2) is 0 Å². The lowest BCUT2D eigenvalue weighted by atomic mass is 9.57. The average Bonchev–Trinajstić information content (AvgIpc) is 3.28. The summed E-state index contributed by atoms with van der Waals surface area (Å²) < 4.78 is 1.58. The SMILES string of the molecule is C[C@@]12NC(=O)C(C[C@@]13c1ccccc1N1C(=O)CN[C@@H]13)n1c2nc2ccccc2c1=O. The highest BCUT2D eigenvalue weighted by atomic mass is 16.2. The molecule has 0 aliphatic carbocycles. The summed E-state index contributed by atoms with van der Waals surface area (Å²) >= 11 is 0. The lowest BCUT2D eigenvalue weighted by Gasteiger charge is -2.58. The van der Waals surface area contributed by atoms with Gasteiger partial charge in [-0.05, 0) is 37.1 Å². The molecule has 1 spiro atoms. The molecular weight excluding hydrogens is 394 g/mol. The number of carbonyl (C=O) groups is 2. The number of aromatic nitrogens is 2. The fourth-order valence-electron chi connectivity index (χ4n) is 6.44. The third kappa shape index (κ3) is 1.70. The van der Waals surface area contributed by atoms with Gasteiger partial charge in [-0.15, -0.1) is 0 Å². The lowest BCUT2D eigenvalue weighted by Crippen LogP contribution is -2.75. The number of fused-ring (bicyclic) bond motifs is 5. The molecular formula is C23H19N5O3. The summed E-state index contributed by atoms with van der Waals surface area (Å²) in [5.41, 5.74) is 0.656. The van der Waals surface area contributed by atoms with E-state index in [9.17, 15) is 14.4 Å². The zero-order valence-corrected chi connectivity index (χ0v) is 16.8. The number of para-hydroxylation sites is 2. The van der Waals surface area contributed by atoms with Gasteiger partial charge in [0.1, 0.15) is 23.6 Å². The van der Waals surface area contributed by atoms with Crippen LogP contribution in [0, 0.1) is 0 Å². The largest absolute Gasteiger partial charge is 0.341 e. The van der Waals surface area contributed by atoms with E-state index in [1.807, 2.05) is 54.3 Å². The summed E-state index contributed by atoms with van der Waals surface area (Å²) in [5.74, 6) is 0.375. The molecule has 1 unspecified atom stereocenters. The number of rotatable bonds is 0. The van der Waals surface area contributed by atoms with Crippen LogP contribution in [0.2, 0.25) is 0 Å². The molecule has 2 N–H and O–H groups in total. The van der Waals surface area contributed by atoms with Gasteiger partial charge >= 0.3 is 0 Å². The van der Waals surface area contributed by atoms with Crippen LogP contribution in [0.15, 0.2) is 53.3 Å². The van der Waals surface area contributed by atoms with Crippen molar-refractivity contribution >= 4 is 28.4 Å². The normalized spacial score (nSPS) is 32.4. The Kier molecular flexibility index (Phi) is 2.89. The van der Waals surface area contributed by atoms with Crippen molar-refractivity contribution in [3.63, 3.8) is 0 Å². The van der Waals surface area contributed by atoms with Gasteiger partial charge in [0.05, 0.1) is 22.9 Å². The van der Waals surface area contributed by atoms with E-state index >= 15 is 0 Å². The number of piperidine rings is 1. The van der Waals surface area contributed by atoms with Gasteiger partial charge < -0.3 is 5.32 Å². The van der Waals surface area contributed by atoms with Crippen molar-refractivity contribution in [2.45, 2.75) is 36.5 Å². The molecule has 8 heteroatoms. The molecule has 2 saturated heterocycles. The first-order chi connectivity index (χ1) is 15.0. The summed E-state index contributed by atoms with van der Waals surface area (Å²) in [6.07, 6.45) is 0.100. The Bertz CT molecular complexity index is 1410. The van der Waals surface area contributed by atoms with Crippen LogP contribution in [0.25, 0.3) is 10.9 Å². The molecule has 2 aromatic carbocycles. The average molecular weight is 413 g/mol. The Morgan fingerprint density at radius 2 is 1.84 bits per heavy atom. The summed E-state index contributed by atoms with van der Waals surface area (Å²) in [6, 6.07) is 14.4. The van der Waals surface area contributed by atoms with Crippen LogP contribution in [0.3, 0.4) is 0 Å². The number of benzene rings is 2. The fourth-order valence-corrected chi connectivity index (χ4v) is 6.44. The Balaban J connectivity index is 1.60. The van der Waals surface area contributed by atoms with Gasteiger partial charge in [0.2, 0.25) is 11.8 Å². The first kappa shape index (κ1) is 17.2. The molecule has 5 aliphatic heterocycles. The molecule has 2 bridgehead atoms. The van der Waals surface area contributed by atoms with Crippen LogP contribution in [-0.2, 0) is 20.5 Å². The number of anilines is 1. The fraction of sp³-hybridized carbons (Fsp3) is 0.304. The zero-order valence-electron chi connectivity index (χ0n) is 16.8. The zero-order chi connectivity index (χ0) is 21.1. The summed E-state index contributed by atoms with van der Waals surface area (Å²) in [5, 5.41) is 7.10. The lowest BCUT2D eigenvalue weighted by molar-refractivity contribution is -0.137. The second kappa shape index (κ2) is 5.20. The van der Waals surface area contributed by atoms with Gasteiger partial charge in [-0.3, -0.25) is 29.2 Å². The maximum atomic E-state index is 13.4. The van der Waals surface area contributed by atoms with Crippen LogP contribution in [-0.4, -0.2) is 34.1 Å². The molecule has 1 aromatic heterocycles. The molecule has 31 heavy (non-hydrogen) atoms. The van der Waals surface area contributed by atoms with Gasteiger partial charge in [0.25, 0.3) is 5.56 Å². The van der Waals surface area contributed by atoms with Crippen LogP contribution in [0.1, 0.15) is 30.8 Å². The second-order valence-electron chi connectivity index (χ2n) is 9.00. The minimum absolute atomic E-state index is 0.00885. The van der Waals surface area contributed by atoms with E-state index in [0.29, 0.717) is 23.1 Å². The maximum absolute atomic E-state index is 13.4. The molecule has 5 aliphatic rings. The molecule has 8 nitrogen and oxygen atoms in total. The number of nitrogens with one attached hydrogen (secondary N) is 2. The van der Waals surface area contributed by atoms with E-state index in [4.69, 9.17) is 4.98 Å². The van der Waals surface area contributed by atoms with E-state index in [0.717, 1.165) is 11.3 Å². The van der Waals surface area contributed by atoms with Crippen molar-refractivity contribution in [1.82, 2.24) is 20.2 Å². The van der Waals surface area contributed by atoms with Crippen LogP contribution < -0.4 is 21.1 Å². The van der Waals surface area contributed by atoms with Crippen molar-refractivity contribution in [2.24, 2.45) is 0 Å². The molecule has 0 saturated carbocycles. The van der Waals surface area contributed by atoms with Gasteiger partial charge in [-0.2, -0.15) is 0 Å². The molecule has 6 heterocycles. The van der Waals surface area contributed by atoms with E-state index in [2.05, 4.69) is 10.6 Å². The van der Waals surface area contributed by atoms with Crippen molar-refractivity contribution in [3.8, 4) is 0 Å². The predicted molar refractivity (Wildman–Crippen MR) is 113 cm³/mol. The van der Waals surface area contributed by atoms with Crippen LogP contribution in [0.4, 0.5) is 5.69 Å². The third-order valence-electron chi connectivity index (χ3n) is 7.73. The number of amides is 2. The third-order valence-corrected chi connectivity index (χ3v) is 7.73. The van der Waals surface area contributed by atoms with Crippen LogP contribution in [0.5, 0.6) is 0 Å². The Morgan fingerprint density at radius 1 is 1.06 bits per heavy atom. The second-order valence-corrected chi connectivity index (χ2v) is 9.00. The monoisotopic (exact) mass is 413 g/mol. The highest BCUT2D eigenvalue weighted by Gasteiger charge is 2.71. The van der Waals surface area contributed by atoms with Crippen molar-refractivity contribution in [1.29, 1.82) is 0 Å². The van der Waals surface area contributed by atoms with Crippen molar-refractivity contribution in [3.05, 3.63) is 70.3 Å². The molecule has 2 fully saturated rings. The minimum atomic E-state index is -0.977. The number of carbonyl (C=O) groups excluding carboxylic acids is 2. The predicted octanol–water partition coefficient (Wildman–Crippen LogP) is 0.900. The minimum Gasteiger partial charge on any atom is -0.341 e. The molecule has 8 rings (SSSR count). The molecule has 0 radical (unpaired) electrons. The van der Waals surface area contributed by atoms with E-state index in [-0.39, 0.29) is 30.1 Å². The van der Waals surface area contributed by atoms with Gasteiger partial charge in [-0.25, -0.2) is 4.98 Å². The van der Waals surface area contributed by atoms with E-state index < -0.39 is 17.0 Å². The molecule has 3 aromatic rings. The quantitative estimate of drug-likeness (QED) is 0.571. The molecule has 4 atom stereocenters. The highest BCUT2D eigenvalue weighted by molar-refractivity contribution is 6.01. The Morgan fingerprint density at radius 3 is 2.71 bits per heavy atom. The maximum Gasteiger partial charge on any atom is 0.262 e. The Labute approximate surface area is 176 Å². The Hall–Kier alpha value is -3.52. The first-order valence-electron chi connectivity index (χ1n) is 10.5. The summed E-state index contributed by atoms with van der Waals surface area (Å²) in [7, 11) is 0. The first-order valence-corrected chi connectivity index (χ1v) is 10.5. The number of hydrogen-bond donors (Lipinski definition) is 2. The van der Waals surface area contributed by atoms with Crippen molar-refractivity contribution in [2.75, 3.05) is 11.4 Å². The summed E-state index contributed by atoms with van der Waals surface area (Å²) in [4.78, 5) is 46.1. The smallest absolute Gasteiger partial charge is 0.262 e. The number of nitrogens with zero attached hydrogens (tertiary/aromatic N) is 3. The van der Waals surface area contributed by atoms with Gasteiger partial charge in [-0.1, -0.05) is 30.3 Å². The highest BCUT2D eigenvalue weighted by Crippen LogP contribution is 2.62. The van der Waals surface area contributed by atoms with E-state index in [1.165, 1.54) is 0 Å². The van der Waals surface area contributed by atoms with Crippen molar-refractivity contribution < 1.29 is 9.59 Å². The number of hydrogen-bond acceptors (Lipinski definition) is 5.